The molecule has 3 nitrogen and oxygen atoms in total. The molecule has 0 saturated carbocycles. The second-order valence-electron chi connectivity index (χ2n) is 4.30. The molecule has 0 bridgehead atoms. The fourth-order valence-electron chi connectivity index (χ4n) is 1.68. The van der Waals surface area contributed by atoms with Crippen molar-refractivity contribution in [2.75, 3.05) is 7.11 Å². The number of hydrogen-bond acceptors (Lipinski definition) is 3. The Labute approximate surface area is 120 Å². The lowest BCUT2D eigenvalue weighted by atomic mass is 9.91. The molecule has 0 aliphatic rings. The first-order valence-electron chi connectivity index (χ1n) is 5.78. The lowest BCUT2D eigenvalue weighted by Gasteiger charge is -2.24. The Morgan fingerprint density at radius 2 is 2.06 bits per heavy atom. The monoisotopic (exact) mass is 293 g/mol. The van der Waals surface area contributed by atoms with Gasteiger partial charge in [-0.25, -0.2) is 0 Å². The van der Waals surface area contributed by atoms with Crippen LogP contribution in [0.25, 0.3) is 0 Å². The van der Waals surface area contributed by atoms with Crippen LogP contribution in [0.2, 0.25) is 5.02 Å². The van der Waals surface area contributed by atoms with Crippen LogP contribution < -0.4 is 10.5 Å². The molecule has 0 aliphatic heterocycles. The second-order valence-corrected chi connectivity index (χ2v) is 4.70. The van der Waals surface area contributed by atoms with Crippen LogP contribution in [0.5, 0.6) is 5.75 Å². The Balaban J connectivity index is 0.00000289. The van der Waals surface area contributed by atoms with Gasteiger partial charge < -0.3 is 15.6 Å². The first kappa shape index (κ1) is 17.5. The minimum absolute atomic E-state index is 0. The van der Waals surface area contributed by atoms with E-state index in [0.29, 0.717) is 10.8 Å². The van der Waals surface area contributed by atoms with Crippen LogP contribution in [0.4, 0.5) is 0 Å². The van der Waals surface area contributed by atoms with E-state index < -0.39 is 12.1 Å². The van der Waals surface area contributed by atoms with Crippen LogP contribution >= 0.6 is 24.0 Å². The van der Waals surface area contributed by atoms with Crippen molar-refractivity contribution in [2.24, 2.45) is 11.7 Å². The van der Waals surface area contributed by atoms with Gasteiger partial charge in [-0.3, -0.25) is 0 Å². The Hall–Kier alpha value is -0.480. The molecule has 1 aromatic carbocycles. The molecule has 3 N–H and O–H groups in total. The number of ether oxygens (including phenoxy) is 1. The fourth-order valence-corrected chi connectivity index (χ4v) is 1.87. The number of rotatable bonds is 5. The second kappa shape index (κ2) is 7.85. The van der Waals surface area contributed by atoms with E-state index in [4.69, 9.17) is 22.1 Å². The normalized spacial score (nSPS) is 15.4. The molecule has 1 aromatic rings. The average Bonchev–Trinajstić information content (AvgIpc) is 2.36. The van der Waals surface area contributed by atoms with Crippen molar-refractivity contribution in [3.05, 3.63) is 28.8 Å². The van der Waals surface area contributed by atoms with Crippen LogP contribution in [0.15, 0.2) is 18.2 Å². The first-order valence-corrected chi connectivity index (χ1v) is 6.16. The molecule has 0 spiro atoms. The van der Waals surface area contributed by atoms with Crippen molar-refractivity contribution in [1.82, 2.24) is 0 Å². The van der Waals surface area contributed by atoms with Gasteiger partial charge in [0.05, 0.1) is 24.3 Å². The Morgan fingerprint density at radius 1 is 1.44 bits per heavy atom. The van der Waals surface area contributed by atoms with E-state index in [9.17, 15) is 5.11 Å². The van der Waals surface area contributed by atoms with Gasteiger partial charge in [0.15, 0.2) is 0 Å². The smallest absolute Gasteiger partial charge is 0.137 e. The van der Waals surface area contributed by atoms with E-state index in [1.54, 1.807) is 19.2 Å². The largest absolute Gasteiger partial charge is 0.495 e. The van der Waals surface area contributed by atoms with Gasteiger partial charge in [-0.05, 0) is 23.6 Å². The molecular weight excluding hydrogens is 273 g/mol. The van der Waals surface area contributed by atoms with Crippen LogP contribution in [0, 0.1) is 5.92 Å². The van der Waals surface area contributed by atoms with E-state index in [1.807, 2.05) is 19.9 Å². The molecule has 3 atom stereocenters. The average molecular weight is 294 g/mol. The van der Waals surface area contributed by atoms with Crippen molar-refractivity contribution in [1.29, 1.82) is 0 Å². The molecule has 18 heavy (non-hydrogen) atoms. The molecule has 0 aliphatic carbocycles. The molecule has 0 fully saturated rings. The molecule has 0 aromatic heterocycles. The van der Waals surface area contributed by atoms with Crippen LogP contribution in [-0.4, -0.2) is 18.3 Å². The summed E-state index contributed by atoms with van der Waals surface area (Å²) in [5, 5.41) is 10.6. The standard InChI is InChI=1S/C13H20ClNO2.ClH/c1-4-8(2)13(16)12(15)9-5-6-10(14)11(7-9)17-3;/h5-8,12-13,16H,4,15H2,1-3H3;1H/t8?,12-,13+;/m1./s1. The van der Waals surface area contributed by atoms with Gasteiger partial charge >= 0.3 is 0 Å². The van der Waals surface area contributed by atoms with Crippen molar-refractivity contribution in [3.63, 3.8) is 0 Å². The van der Waals surface area contributed by atoms with Crippen molar-refractivity contribution < 1.29 is 9.84 Å². The highest BCUT2D eigenvalue weighted by Gasteiger charge is 2.22. The topological polar surface area (TPSA) is 55.5 Å². The van der Waals surface area contributed by atoms with Gasteiger partial charge in [0.1, 0.15) is 5.75 Å². The van der Waals surface area contributed by atoms with Gasteiger partial charge in [-0.15, -0.1) is 12.4 Å². The minimum atomic E-state index is -0.564. The summed E-state index contributed by atoms with van der Waals surface area (Å²) < 4.78 is 5.13. The van der Waals surface area contributed by atoms with Crippen molar-refractivity contribution >= 4 is 24.0 Å². The summed E-state index contributed by atoms with van der Waals surface area (Å²) in [4.78, 5) is 0. The number of halogens is 2. The van der Waals surface area contributed by atoms with Gasteiger partial charge in [0.25, 0.3) is 0 Å². The Bertz CT molecular complexity index is 374. The molecule has 104 valence electrons. The molecular formula is C13H21Cl2NO2. The summed E-state index contributed by atoms with van der Waals surface area (Å²) in [5.41, 5.74) is 6.87. The predicted octanol–water partition coefficient (Wildman–Crippen LogP) is 3.18. The Morgan fingerprint density at radius 3 is 2.56 bits per heavy atom. The highest BCUT2D eigenvalue weighted by atomic mass is 35.5. The number of aliphatic hydroxyl groups excluding tert-OH is 1. The van der Waals surface area contributed by atoms with Gasteiger partial charge in [-0.1, -0.05) is 37.9 Å². The lowest BCUT2D eigenvalue weighted by molar-refractivity contribution is 0.0879. The fraction of sp³-hybridized carbons (Fsp3) is 0.538. The summed E-state index contributed by atoms with van der Waals surface area (Å²) >= 11 is 5.94. The molecule has 0 saturated heterocycles. The predicted molar refractivity (Wildman–Crippen MR) is 77.6 cm³/mol. The van der Waals surface area contributed by atoms with Crippen LogP contribution in [0.1, 0.15) is 31.9 Å². The SMILES string of the molecule is CCC(C)[C@H](O)[C@H](N)c1ccc(Cl)c(OC)c1.Cl. The molecule has 0 radical (unpaired) electrons. The Kier molecular flexibility index (Phi) is 7.64. The summed E-state index contributed by atoms with van der Waals surface area (Å²) in [7, 11) is 1.56. The number of hydrogen-bond donors (Lipinski definition) is 2. The number of aliphatic hydroxyl groups is 1. The third kappa shape index (κ3) is 4.02. The number of benzene rings is 1. The van der Waals surface area contributed by atoms with Gasteiger partial charge in [0, 0.05) is 0 Å². The van der Waals surface area contributed by atoms with Crippen LogP contribution in [-0.2, 0) is 0 Å². The number of nitrogens with two attached hydrogens (primary N) is 1. The lowest BCUT2D eigenvalue weighted by Crippen LogP contribution is -2.31. The summed E-state index contributed by atoms with van der Waals surface area (Å²) in [6, 6.07) is 4.91. The van der Waals surface area contributed by atoms with E-state index in [2.05, 4.69) is 0 Å². The summed E-state index contributed by atoms with van der Waals surface area (Å²) in [5.74, 6) is 0.739. The van der Waals surface area contributed by atoms with E-state index in [-0.39, 0.29) is 18.3 Å². The maximum absolute atomic E-state index is 10.1. The van der Waals surface area contributed by atoms with Gasteiger partial charge in [0.2, 0.25) is 0 Å². The third-order valence-corrected chi connectivity index (χ3v) is 3.47. The highest BCUT2D eigenvalue weighted by molar-refractivity contribution is 6.32. The van der Waals surface area contributed by atoms with E-state index in [0.717, 1.165) is 12.0 Å². The molecule has 5 heteroatoms. The molecule has 0 heterocycles. The molecule has 1 unspecified atom stereocenters. The zero-order chi connectivity index (χ0) is 13.0. The highest BCUT2D eigenvalue weighted by Crippen LogP contribution is 2.29. The molecule has 1 rings (SSSR count). The zero-order valence-corrected chi connectivity index (χ0v) is 12.5. The first-order chi connectivity index (χ1) is 8.01. The molecule has 0 amide bonds. The summed E-state index contributed by atoms with van der Waals surface area (Å²) in [6.07, 6.45) is 0.324. The van der Waals surface area contributed by atoms with E-state index >= 15 is 0 Å². The van der Waals surface area contributed by atoms with Gasteiger partial charge in [-0.2, -0.15) is 0 Å². The maximum Gasteiger partial charge on any atom is 0.137 e. The van der Waals surface area contributed by atoms with Crippen LogP contribution in [0.3, 0.4) is 0 Å². The van der Waals surface area contributed by atoms with E-state index in [1.165, 1.54) is 0 Å². The summed E-state index contributed by atoms with van der Waals surface area (Å²) in [6.45, 7) is 4.01. The van der Waals surface area contributed by atoms with Crippen molar-refractivity contribution in [2.45, 2.75) is 32.4 Å². The third-order valence-electron chi connectivity index (χ3n) is 3.15. The number of methoxy groups -OCH3 is 1. The van der Waals surface area contributed by atoms with Crippen molar-refractivity contribution in [3.8, 4) is 5.75 Å². The zero-order valence-electron chi connectivity index (χ0n) is 10.9. The minimum Gasteiger partial charge on any atom is -0.495 e. The quantitative estimate of drug-likeness (QED) is 0.877. The maximum atomic E-state index is 10.1.